The van der Waals surface area contributed by atoms with Crippen LogP contribution in [0.3, 0.4) is 0 Å². The van der Waals surface area contributed by atoms with E-state index in [1.54, 1.807) is 12.1 Å². The van der Waals surface area contributed by atoms with Crippen molar-refractivity contribution in [1.82, 2.24) is 4.98 Å². The molecule has 0 amide bonds. The molecule has 5 nitrogen and oxygen atoms in total. The predicted molar refractivity (Wildman–Crippen MR) is 75.2 cm³/mol. The molecule has 1 aliphatic heterocycles. The molecule has 0 aromatic carbocycles. The summed E-state index contributed by atoms with van der Waals surface area (Å²) in [5, 5.41) is 0. The van der Waals surface area contributed by atoms with Crippen LogP contribution in [0, 0.1) is 5.92 Å². The molecular formula is C14H21N3O2. The van der Waals surface area contributed by atoms with E-state index < -0.39 is 5.97 Å². The third-order valence-electron chi connectivity index (χ3n) is 3.58. The first-order valence-corrected chi connectivity index (χ1v) is 6.75. The molecule has 1 aromatic rings. The first kappa shape index (κ1) is 13.6. The van der Waals surface area contributed by atoms with Gasteiger partial charge in [-0.3, -0.25) is 0 Å². The smallest absolute Gasteiger partial charge is 0.356 e. The summed E-state index contributed by atoms with van der Waals surface area (Å²) in [5.41, 5.74) is 6.90. The molecule has 2 rings (SSSR count). The Kier molecular flexibility index (Phi) is 4.24. The number of pyridine rings is 1. The number of methoxy groups -OCH3 is 1. The van der Waals surface area contributed by atoms with Crippen molar-refractivity contribution >= 4 is 17.5 Å². The Labute approximate surface area is 113 Å². The standard InChI is InChI=1S/C14H21N3O2/c1-3-4-10-7-8-17(9-10)13-11(15)5-6-12(16-13)14(18)19-2/h5-6,10H,3-4,7-9,15H2,1-2H3. The molecule has 1 saturated heterocycles. The number of rotatable bonds is 4. The zero-order valence-electron chi connectivity index (χ0n) is 11.6. The number of carbonyl (C=O) groups is 1. The van der Waals surface area contributed by atoms with E-state index in [2.05, 4.69) is 16.8 Å². The molecule has 0 bridgehead atoms. The van der Waals surface area contributed by atoms with E-state index in [1.807, 2.05) is 0 Å². The number of nitrogens with two attached hydrogens (primary N) is 1. The highest BCUT2D eigenvalue weighted by atomic mass is 16.5. The van der Waals surface area contributed by atoms with Gasteiger partial charge in [0.15, 0.2) is 11.5 Å². The van der Waals surface area contributed by atoms with Gasteiger partial charge in [0.05, 0.1) is 12.8 Å². The molecule has 1 aliphatic rings. The van der Waals surface area contributed by atoms with Crippen molar-refractivity contribution < 1.29 is 9.53 Å². The van der Waals surface area contributed by atoms with Gasteiger partial charge in [-0.05, 0) is 30.9 Å². The average molecular weight is 263 g/mol. The second-order valence-corrected chi connectivity index (χ2v) is 4.99. The summed E-state index contributed by atoms with van der Waals surface area (Å²) in [6.45, 7) is 4.12. The van der Waals surface area contributed by atoms with Crippen molar-refractivity contribution in [2.24, 2.45) is 5.92 Å². The van der Waals surface area contributed by atoms with E-state index in [1.165, 1.54) is 20.0 Å². The van der Waals surface area contributed by atoms with E-state index in [0.29, 0.717) is 23.1 Å². The number of anilines is 2. The maximum absolute atomic E-state index is 11.5. The molecule has 1 fully saturated rings. The van der Waals surface area contributed by atoms with Crippen LogP contribution in [0.5, 0.6) is 0 Å². The Morgan fingerprint density at radius 2 is 2.37 bits per heavy atom. The van der Waals surface area contributed by atoms with E-state index in [-0.39, 0.29) is 0 Å². The highest BCUT2D eigenvalue weighted by Crippen LogP contribution is 2.29. The molecule has 2 N–H and O–H groups in total. The van der Waals surface area contributed by atoms with Crippen LogP contribution >= 0.6 is 0 Å². The van der Waals surface area contributed by atoms with Crippen molar-refractivity contribution in [2.75, 3.05) is 30.8 Å². The summed E-state index contributed by atoms with van der Waals surface area (Å²) < 4.78 is 4.69. The van der Waals surface area contributed by atoms with Crippen LogP contribution in [0.1, 0.15) is 36.7 Å². The molecule has 0 spiro atoms. The third-order valence-corrected chi connectivity index (χ3v) is 3.58. The lowest BCUT2D eigenvalue weighted by Gasteiger charge is -2.19. The highest BCUT2D eigenvalue weighted by molar-refractivity contribution is 5.88. The van der Waals surface area contributed by atoms with Crippen LogP contribution in [0.4, 0.5) is 11.5 Å². The number of hydrogen-bond donors (Lipinski definition) is 1. The van der Waals surface area contributed by atoms with E-state index >= 15 is 0 Å². The maximum atomic E-state index is 11.5. The van der Waals surface area contributed by atoms with Crippen LogP contribution in [0.15, 0.2) is 12.1 Å². The second-order valence-electron chi connectivity index (χ2n) is 4.99. The van der Waals surface area contributed by atoms with E-state index in [4.69, 9.17) is 10.5 Å². The lowest BCUT2D eigenvalue weighted by atomic mass is 10.0. The molecular weight excluding hydrogens is 242 g/mol. The normalized spacial score (nSPS) is 18.6. The average Bonchev–Trinajstić information content (AvgIpc) is 2.87. The number of ether oxygens (including phenoxy) is 1. The van der Waals surface area contributed by atoms with Crippen molar-refractivity contribution in [2.45, 2.75) is 26.2 Å². The van der Waals surface area contributed by atoms with Crippen molar-refractivity contribution in [1.29, 1.82) is 0 Å². The fraction of sp³-hybridized carbons (Fsp3) is 0.571. The van der Waals surface area contributed by atoms with Gasteiger partial charge in [0.1, 0.15) is 0 Å². The Morgan fingerprint density at radius 1 is 1.58 bits per heavy atom. The molecule has 1 aromatic heterocycles. The van der Waals surface area contributed by atoms with Gasteiger partial charge in [-0.15, -0.1) is 0 Å². The van der Waals surface area contributed by atoms with Gasteiger partial charge in [-0.25, -0.2) is 9.78 Å². The topological polar surface area (TPSA) is 68.5 Å². The molecule has 19 heavy (non-hydrogen) atoms. The van der Waals surface area contributed by atoms with E-state index in [0.717, 1.165) is 19.5 Å². The zero-order chi connectivity index (χ0) is 13.8. The zero-order valence-corrected chi connectivity index (χ0v) is 11.6. The first-order chi connectivity index (χ1) is 9.15. The predicted octanol–water partition coefficient (Wildman–Crippen LogP) is 2.08. The van der Waals surface area contributed by atoms with Gasteiger partial charge in [0.25, 0.3) is 0 Å². The minimum absolute atomic E-state index is 0.311. The lowest BCUT2D eigenvalue weighted by Crippen LogP contribution is -2.23. The summed E-state index contributed by atoms with van der Waals surface area (Å²) in [5.74, 6) is 0.986. The Hall–Kier alpha value is -1.78. The number of carbonyl (C=O) groups excluding carboxylic acids is 1. The molecule has 104 valence electrons. The Morgan fingerprint density at radius 3 is 3.05 bits per heavy atom. The summed E-state index contributed by atoms with van der Waals surface area (Å²) in [6.07, 6.45) is 3.59. The van der Waals surface area contributed by atoms with Crippen LogP contribution < -0.4 is 10.6 Å². The van der Waals surface area contributed by atoms with Gasteiger partial charge in [0, 0.05) is 13.1 Å². The lowest BCUT2D eigenvalue weighted by molar-refractivity contribution is 0.0594. The Balaban J connectivity index is 2.18. The van der Waals surface area contributed by atoms with Gasteiger partial charge in [-0.2, -0.15) is 0 Å². The fourth-order valence-electron chi connectivity index (χ4n) is 2.60. The SMILES string of the molecule is CCCC1CCN(c2nc(C(=O)OC)ccc2N)C1. The van der Waals surface area contributed by atoms with Crippen molar-refractivity contribution in [3.63, 3.8) is 0 Å². The van der Waals surface area contributed by atoms with Gasteiger partial charge in [0.2, 0.25) is 0 Å². The molecule has 2 heterocycles. The maximum Gasteiger partial charge on any atom is 0.356 e. The minimum Gasteiger partial charge on any atom is -0.464 e. The largest absolute Gasteiger partial charge is 0.464 e. The summed E-state index contributed by atoms with van der Waals surface area (Å²) >= 11 is 0. The van der Waals surface area contributed by atoms with Crippen molar-refractivity contribution in [3.8, 4) is 0 Å². The summed E-state index contributed by atoms with van der Waals surface area (Å²) in [4.78, 5) is 18.0. The number of nitrogen functional groups attached to an aromatic ring is 1. The number of hydrogen-bond acceptors (Lipinski definition) is 5. The first-order valence-electron chi connectivity index (χ1n) is 6.75. The quantitative estimate of drug-likeness (QED) is 0.842. The molecule has 1 atom stereocenters. The minimum atomic E-state index is -0.425. The second kappa shape index (κ2) is 5.91. The van der Waals surface area contributed by atoms with E-state index in [9.17, 15) is 4.79 Å². The molecule has 5 heteroatoms. The molecule has 0 saturated carbocycles. The van der Waals surface area contributed by atoms with Crippen LogP contribution in [0.25, 0.3) is 0 Å². The van der Waals surface area contributed by atoms with Crippen LogP contribution in [-0.4, -0.2) is 31.2 Å². The molecule has 0 radical (unpaired) electrons. The number of nitrogens with zero attached hydrogens (tertiary/aromatic N) is 2. The van der Waals surface area contributed by atoms with Gasteiger partial charge < -0.3 is 15.4 Å². The summed E-state index contributed by atoms with van der Waals surface area (Å²) in [6, 6.07) is 3.33. The number of esters is 1. The molecule has 0 aliphatic carbocycles. The van der Waals surface area contributed by atoms with Crippen LogP contribution in [-0.2, 0) is 4.74 Å². The van der Waals surface area contributed by atoms with Crippen molar-refractivity contribution in [3.05, 3.63) is 17.8 Å². The fourth-order valence-corrected chi connectivity index (χ4v) is 2.60. The highest BCUT2D eigenvalue weighted by Gasteiger charge is 2.25. The van der Waals surface area contributed by atoms with Crippen LogP contribution in [0.2, 0.25) is 0 Å². The summed E-state index contributed by atoms with van der Waals surface area (Å²) in [7, 11) is 1.35. The van der Waals surface area contributed by atoms with Gasteiger partial charge >= 0.3 is 5.97 Å². The van der Waals surface area contributed by atoms with Gasteiger partial charge in [-0.1, -0.05) is 13.3 Å². The molecule has 1 unspecified atom stereocenters. The third kappa shape index (κ3) is 2.97. The number of aromatic nitrogens is 1. The Bertz CT molecular complexity index is 462. The monoisotopic (exact) mass is 263 g/mol.